The van der Waals surface area contributed by atoms with Gasteiger partial charge in [0.25, 0.3) is 0 Å². The van der Waals surface area contributed by atoms with Crippen molar-refractivity contribution in [3.05, 3.63) is 28.7 Å². The number of hydrogen-bond acceptors (Lipinski definition) is 4. The lowest BCUT2D eigenvalue weighted by molar-refractivity contribution is -0.116. The summed E-state index contributed by atoms with van der Waals surface area (Å²) in [6.45, 7) is 0.661. The van der Waals surface area contributed by atoms with Crippen LogP contribution in [0.5, 0.6) is 0 Å². The predicted molar refractivity (Wildman–Crippen MR) is 75.8 cm³/mol. The molecule has 0 aliphatic carbocycles. The molecule has 0 saturated carbocycles. The topological polar surface area (TPSA) is 73.5 Å². The molecule has 6 nitrogen and oxygen atoms in total. The zero-order chi connectivity index (χ0) is 14.5. The van der Waals surface area contributed by atoms with Crippen LogP contribution >= 0.6 is 0 Å². The molecule has 0 bridgehead atoms. The molecule has 0 aliphatic heterocycles. The maximum atomic E-state index is 11.7. The molecule has 0 radical (unpaired) electrons. The van der Waals surface area contributed by atoms with E-state index in [0.29, 0.717) is 29.8 Å². The van der Waals surface area contributed by atoms with Crippen molar-refractivity contribution in [1.82, 2.24) is 4.57 Å². The monoisotopic (exact) mass is 278 g/mol. The molecule has 1 N–H and O–H groups in total. The number of carbonyl (C=O) groups is 1. The molecule has 0 fully saturated rings. The summed E-state index contributed by atoms with van der Waals surface area (Å²) in [7, 11) is 3.28. The van der Waals surface area contributed by atoms with Crippen LogP contribution < -0.4 is 11.1 Å². The second-order valence-corrected chi connectivity index (χ2v) is 4.61. The van der Waals surface area contributed by atoms with Crippen molar-refractivity contribution in [3.63, 3.8) is 0 Å². The zero-order valence-electron chi connectivity index (χ0n) is 11.6. The first kappa shape index (κ1) is 14.3. The Hall–Kier alpha value is -2.08. The van der Waals surface area contributed by atoms with Crippen LogP contribution in [0, 0.1) is 0 Å². The molecule has 108 valence electrons. The molecule has 2 aromatic rings. The maximum Gasteiger partial charge on any atom is 0.419 e. The molecule has 0 unspecified atom stereocenters. The minimum absolute atomic E-state index is 0.0567. The van der Waals surface area contributed by atoms with Gasteiger partial charge in [0.05, 0.1) is 5.52 Å². The van der Waals surface area contributed by atoms with E-state index in [9.17, 15) is 9.59 Å². The lowest BCUT2D eigenvalue weighted by Gasteiger charge is -2.05. The molecule has 1 amide bonds. The SMILES string of the molecule is COCCCCC(=O)Nc1ccc2c(c1)oc(=O)n2C. The number of nitrogens with zero attached hydrogens (tertiary/aromatic N) is 1. The van der Waals surface area contributed by atoms with Crippen LogP contribution in [0.4, 0.5) is 5.69 Å². The molecule has 0 atom stereocenters. The van der Waals surface area contributed by atoms with Crippen LogP contribution in [0.25, 0.3) is 11.1 Å². The van der Waals surface area contributed by atoms with Gasteiger partial charge in [-0.15, -0.1) is 0 Å². The Morgan fingerprint density at radius 1 is 1.40 bits per heavy atom. The summed E-state index contributed by atoms with van der Waals surface area (Å²) in [5.41, 5.74) is 1.80. The van der Waals surface area contributed by atoms with Crippen LogP contribution in [-0.4, -0.2) is 24.2 Å². The number of rotatable bonds is 6. The van der Waals surface area contributed by atoms with Crippen molar-refractivity contribution in [2.75, 3.05) is 19.0 Å². The molecule has 1 heterocycles. The van der Waals surface area contributed by atoms with Gasteiger partial charge in [-0.3, -0.25) is 9.36 Å². The molecule has 1 aromatic heterocycles. The summed E-state index contributed by atoms with van der Waals surface area (Å²) in [5.74, 6) is -0.471. The highest BCUT2D eigenvalue weighted by Gasteiger charge is 2.08. The highest BCUT2D eigenvalue weighted by Crippen LogP contribution is 2.18. The van der Waals surface area contributed by atoms with Crippen molar-refractivity contribution in [2.45, 2.75) is 19.3 Å². The molecule has 0 spiro atoms. The standard InChI is InChI=1S/C14H18N2O4/c1-16-11-7-6-10(9-12(11)20-14(16)18)15-13(17)5-3-4-8-19-2/h6-7,9H,3-5,8H2,1-2H3,(H,15,17). The number of aryl methyl sites for hydroxylation is 1. The quantitative estimate of drug-likeness (QED) is 0.819. The first-order valence-corrected chi connectivity index (χ1v) is 6.50. The van der Waals surface area contributed by atoms with E-state index in [1.807, 2.05) is 0 Å². The van der Waals surface area contributed by atoms with Crippen molar-refractivity contribution in [1.29, 1.82) is 0 Å². The van der Waals surface area contributed by atoms with Crippen LogP contribution in [0.3, 0.4) is 0 Å². The largest absolute Gasteiger partial charge is 0.419 e. The number of amides is 1. The van der Waals surface area contributed by atoms with Gasteiger partial charge in [0.1, 0.15) is 0 Å². The summed E-state index contributed by atoms with van der Waals surface area (Å²) >= 11 is 0. The number of methoxy groups -OCH3 is 1. The van der Waals surface area contributed by atoms with Gasteiger partial charge < -0.3 is 14.5 Å². The average molecular weight is 278 g/mol. The summed E-state index contributed by atoms with van der Waals surface area (Å²) in [5, 5.41) is 2.79. The van der Waals surface area contributed by atoms with Crippen molar-refractivity contribution < 1.29 is 13.9 Å². The van der Waals surface area contributed by atoms with Crippen LogP contribution in [-0.2, 0) is 16.6 Å². The zero-order valence-corrected chi connectivity index (χ0v) is 11.6. The van der Waals surface area contributed by atoms with Gasteiger partial charge in [-0.1, -0.05) is 0 Å². The number of ether oxygens (including phenoxy) is 1. The Kier molecular flexibility index (Phi) is 4.57. The molecule has 0 saturated heterocycles. The van der Waals surface area contributed by atoms with E-state index in [2.05, 4.69) is 5.32 Å². The third-order valence-electron chi connectivity index (χ3n) is 3.08. The number of benzene rings is 1. The van der Waals surface area contributed by atoms with E-state index < -0.39 is 5.76 Å². The van der Waals surface area contributed by atoms with E-state index in [1.54, 1.807) is 32.4 Å². The molecular weight excluding hydrogens is 260 g/mol. The number of hydrogen-bond donors (Lipinski definition) is 1. The van der Waals surface area contributed by atoms with Crippen LogP contribution in [0.2, 0.25) is 0 Å². The van der Waals surface area contributed by atoms with Crippen molar-refractivity contribution >= 4 is 22.7 Å². The second-order valence-electron chi connectivity index (χ2n) is 4.61. The smallest absolute Gasteiger partial charge is 0.408 e. The van der Waals surface area contributed by atoms with Gasteiger partial charge in [-0.25, -0.2) is 4.79 Å². The van der Waals surface area contributed by atoms with Crippen LogP contribution in [0.1, 0.15) is 19.3 Å². The van der Waals surface area contributed by atoms with Crippen LogP contribution in [0.15, 0.2) is 27.4 Å². The van der Waals surface area contributed by atoms with Gasteiger partial charge >= 0.3 is 5.76 Å². The van der Waals surface area contributed by atoms with E-state index >= 15 is 0 Å². The highest BCUT2D eigenvalue weighted by atomic mass is 16.5. The summed E-state index contributed by atoms with van der Waals surface area (Å²) in [4.78, 5) is 23.1. The van der Waals surface area contributed by atoms with E-state index in [4.69, 9.17) is 9.15 Å². The average Bonchev–Trinajstić information content (AvgIpc) is 2.70. The summed E-state index contributed by atoms with van der Waals surface area (Å²) in [6, 6.07) is 5.16. The van der Waals surface area contributed by atoms with Gasteiger partial charge in [-0.2, -0.15) is 0 Å². The fraction of sp³-hybridized carbons (Fsp3) is 0.429. The minimum atomic E-state index is -0.414. The number of nitrogens with one attached hydrogen (secondary N) is 1. The fourth-order valence-corrected chi connectivity index (χ4v) is 1.97. The molecule has 20 heavy (non-hydrogen) atoms. The lowest BCUT2D eigenvalue weighted by atomic mass is 10.2. The predicted octanol–water partition coefficient (Wildman–Crippen LogP) is 1.89. The van der Waals surface area contributed by atoms with E-state index in [1.165, 1.54) is 4.57 Å². The number of carbonyl (C=O) groups excluding carboxylic acids is 1. The van der Waals surface area contributed by atoms with E-state index in [0.717, 1.165) is 12.8 Å². The molecule has 2 rings (SSSR count). The molecule has 1 aromatic carbocycles. The number of aromatic nitrogens is 1. The molecule has 6 heteroatoms. The Bertz CT molecular complexity index is 657. The third kappa shape index (κ3) is 3.27. The van der Waals surface area contributed by atoms with E-state index in [-0.39, 0.29) is 5.91 Å². The number of fused-ring (bicyclic) bond motifs is 1. The lowest BCUT2D eigenvalue weighted by Crippen LogP contribution is -2.11. The van der Waals surface area contributed by atoms with Gasteiger partial charge in [0.15, 0.2) is 5.58 Å². The second kappa shape index (κ2) is 6.38. The summed E-state index contributed by atoms with van der Waals surface area (Å²) in [6.07, 6.45) is 2.08. The highest BCUT2D eigenvalue weighted by molar-refractivity contribution is 5.92. The Labute approximate surface area is 116 Å². The third-order valence-corrected chi connectivity index (χ3v) is 3.08. The Morgan fingerprint density at radius 2 is 2.20 bits per heavy atom. The number of oxazole rings is 1. The Morgan fingerprint density at radius 3 is 2.95 bits per heavy atom. The number of anilines is 1. The van der Waals surface area contributed by atoms with Gasteiger partial charge in [-0.05, 0) is 25.0 Å². The Balaban J connectivity index is 1.99. The summed E-state index contributed by atoms with van der Waals surface area (Å²) < 4.78 is 11.4. The fourth-order valence-electron chi connectivity index (χ4n) is 1.97. The minimum Gasteiger partial charge on any atom is -0.408 e. The first-order chi connectivity index (χ1) is 9.61. The normalized spacial score (nSPS) is 10.9. The van der Waals surface area contributed by atoms with Gasteiger partial charge in [0, 0.05) is 38.9 Å². The molecular formula is C14H18N2O4. The first-order valence-electron chi connectivity index (χ1n) is 6.50. The maximum absolute atomic E-state index is 11.7. The van der Waals surface area contributed by atoms with Crippen molar-refractivity contribution in [3.8, 4) is 0 Å². The van der Waals surface area contributed by atoms with Gasteiger partial charge in [0.2, 0.25) is 5.91 Å². The molecule has 0 aliphatic rings. The van der Waals surface area contributed by atoms with Crippen molar-refractivity contribution in [2.24, 2.45) is 7.05 Å². The number of unbranched alkanes of at least 4 members (excludes halogenated alkanes) is 1.